The van der Waals surface area contributed by atoms with Gasteiger partial charge in [-0.2, -0.15) is 5.10 Å². The minimum Gasteiger partial charge on any atom is -0.222 e. The van der Waals surface area contributed by atoms with Gasteiger partial charge in [-0.15, -0.1) is 0 Å². The van der Waals surface area contributed by atoms with Crippen LogP contribution in [0.5, 0.6) is 0 Å². The van der Waals surface area contributed by atoms with Gasteiger partial charge in [-0.1, -0.05) is 18.3 Å². The molecule has 4 heteroatoms. The zero-order chi connectivity index (χ0) is 9.71. The molecule has 0 aromatic carbocycles. The normalized spacial score (nSPS) is 21.4. The highest BCUT2D eigenvalue weighted by Gasteiger charge is 2.22. The van der Waals surface area contributed by atoms with E-state index in [0.29, 0.717) is 0 Å². The van der Waals surface area contributed by atoms with Crippen LogP contribution in [0, 0.1) is 12.8 Å². The van der Waals surface area contributed by atoms with Crippen LogP contribution in [0.2, 0.25) is 0 Å². The molecule has 14 heavy (non-hydrogen) atoms. The predicted octanol–water partition coefficient (Wildman–Crippen LogP) is 2.22. The molecule has 0 saturated heterocycles. The summed E-state index contributed by atoms with van der Waals surface area (Å²) in [5, 5.41) is 5.60. The molecule has 0 N–H and O–H groups in total. The Balaban J connectivity index is 2.23. The molecule has 1 aliphatic carbocycles. The molecule has 2 heterocycles. The summed E-state index contributed by atoms with van der Waals surface area (Å²) in [6, 6.07) is 0. The van der Waals surface area contributed by atoms with Crippen molar-refractivity contribution in [2.75, 3.05) is 0 Å². The summed E-state index contributed by atoms with van der Waals surface area (Å²) < 4.78 is 2.05. The second-order valence-corrected chi connectivity index (χ2v) is 5.33. The lowest BCUT2D eigenvalue weighted by Crippen LogP contribution is -2.12. The van der Waals surface area contributed by atoms with Crippen LogP contribution in [0.4, 0.5) is 0 Å². The van der Waals surface area contributed by atoms with Gasteiger partial charge in [0.15, 0.2) is 0 Å². The van der Waals surface area contributed by atoms with Gasteiger partial charge < -0.3 is 0 Å². The van der Waals surface area contributed by atoms with E-state index < -0.39 is 0 Å². The first-order chi connectivity index (χ1) is 6.74. The highest BCUT2D eigenvalue weighted by atomic mass is 32.1. The fraction of sp³-hybridized carbons (Fsp3) is 0.600. The lowest BCUT2D eigenvalue weighted by molar-refractivity contribution is 0.484. The first-order valence-corrected chi connectivity index (χ1v) is 5.89. The molecule has 0 radical (unpaired) electrons. The van der Waals surface area contributed by atoms with Gasteiger partial charge >= 0.3 is 0 Å². The molecule has 1 atom stereocenters. The average Bonchev–Trinajstić information content (AvgIpc) is 2.62. The molecule has 3 rings (SSSR count). The van der Waals surface area contributed by atoms with Crippen molar-refractivity contribution in [2.45, 2.75) is 33.1 Å². The molecule has 0 amide bonds. The quantitative estimate of drug-likeness (QED) is 0.663. The summed E-state index contributed by atoms with van der Waals surface area (Å²) in [5.74, 6) is 0.782. The molecule has 3 nitrogen and oxygen atoms in total. The van der Waals surface area contributed by atoms with Crippen molar-refractivity contribution in [3.05, 3.63) is 16.4 Å². The number of imidazole rings is 1. The fourth-order valence-electron chi connectivity index (χ4n) is 2.15. The van der Waals surface area contributed by atoms with E-state index in [1.165, 1.54) is 17.8 Å². The molecule has 0 saturated carbocycles. The third-order valence-electron chi connectivity index (χ3n) is 2.90. The second-order valence-electron chi connectivity index (χ2n) is 4.17. The van der Waals surface area contributed by atoms with E-state index in [0.717, 1.165) is 28.7 Å². The third-order valence-corrected chi connectivity index (χ3v) is 3.72. The van der Waals surface area contributed by atoms with Crippen molar-refractivity contribution in [2.24, 2.45) is 5.92 Å². The first-order valence-electron chi connectivity index (χ1n) is 5.08. The van der Waals surface area contributed by atoms with E-state index in [2.05, 4.69) is 17.0 Å². The Morgan fingerprint density at radius 3 is 3.21 bits per heavy atom. The van der Waals surface area contributed by atoms with Crippen LogP contribution in [0.15, 0.2) is 0 Å². The Labute approximate surface area is 86.8 Å². The van der Waals surface area contributed by atoms with Crippen LogP contribution in [-0.4, -0.2) is 14.6 Å². The number of aromatic nitrogens is 3. The number of rotatable bonds is 0. The molecule has 1 aliphatic rings. The van der Waals surface area contributed by atoms with Crippen LogP contribution in [-0.2, 0) is 12.8 Å². The Morgan fingerprint density at radius 2 is 2.36 bits per heavy atom. The number of hydrogen-bond acceptors (Lipinski definition) is 3. The molecular weight excluding hydrogens is 194 g/mol. The van der Waals surface area contributed by atoms with Gasteiger partial charge in [-0.3, -0.25) is 0 Å². The Hall–Kier alpha value is -0.900. The second kappa shape index (κ2) is 2.79. The maximum absolute atomic E-state index is 4.63. The number of hydrogen-bond donors (Lipinski definition) is 0. The van der Waals surface area contributed by atoms with E-state index in [1.54, 1.807) is 11.3 Å². The smallest absolute Gasteiger partial charge is 0.212 e. The molecule has 1 unspecified atom stereocenters. The topological polar surface area (TPSA) is 30.2 Å². The van der Waals surface area contributed by atoms with Gasteiger partial charge in [-0.25, -0.2) is 9.50 Å². The van der Waals surface area contributed by atoms with Crippen molar-refractivity contribution in [3.8, 4) is 0 Å². The zero-order valence-corrected chi connectivity index (χ0v) is 9.27. The minimum atomic E-state index is 0.782. The molecular formula is C10H13N3S. The standard InChI is InChI=1S/C10H13N3S/c1-6-3-4-8-9(5-6)13-10(11-8)14-7(2)12-13/h6H,3-5H2,1-2H3. The summed E-state index contributed by atoms with van der Waals surface area (Å²) in [5.41, 5.74) is 2.63. The fourth-order valence-corrected chi connectivity index (χ4v) is 2.93. The lowest BCUT2D eigenvalue weighted by atomic mass is 9.92. The van der Waals surface area contributed by atoms with Crippen LogP contribution in [0.1, 0.15) is 29.7 Å². The lowest BCUT2D eigenvalue weighted by Gasteiger charge is -2.16. The maximum atomic E-state index is 4.63. The van der Waals surface area contributed by atoms with Crippen molar-refractivity contribution >= 4 is 16.3 Å². The highest BCUT2D eigenvalue weighted by Crippen LogP contribution is 2.27. The van der Waals surface area contributed by atoms with E-state index in [9.17, 15) is 0 Å². The molecule has 2 aromatic rings. The Kier molecular flexibility index (Phi) is 1.68. The van der Waals surface area contributed by atoms with Gasteiger partial charge in [0.1, 0.15) is 5.01 Å². The molecule has 74 valence electrons. The number of aryl methyl sites for hydroxylation is 2. The molecule has 0 spiro atoms. The summed E-state index contributed by atoms with van der Waals surface area (Å²) in [7, 11) is 0. The first kappa shape index (κ1) is 8.41. The van der Waals surface area contributed by atoms with Crippen molar-refractivity contribution < 1.29 is 0 Å². The van der Waals surface area contributed by atoms with Crippen molar-refractivity contribution in [1.82, 2.24) is 14.6 Å². The summed E-state index contributed by atoms with van der Waals surface area (Å²) in [6.07, 6.45) is 3.54. The van der Waals surface area contributed by atoms with Gasteiger partial charge in [-0.05, 0) is 32.1 Å². The van der Waals surface area contributed by atoms with E-state index in [1.807, 2.05) is 11.4 Å². The molecule has 2 aromatic heterocycles. The summed E-state index contributed by atoms with van der Waals surface area (Å²) >= 11 is 1.69. The maximum Gasteiger partial charge on any atom is 0.212 e. The Morgan fingerprint density at radius 1 is 1.50 bits per heavy atom. The minimum absolute atomic E-state index is 0.782. The SMILES string of the molecule is Cc1nn2c3c(nc2s1)CCC(C)C3. The summed E-state index contributed by atoms with van der Waals surface area (Å²) in [6.45, 7) is 4.35. The van der Waals surface area contributed by atoms with Crippen molar-refractivity contribution in [1.29, 1.82) is 0 Å². The number of fused-ring (bicyclic) bond motifs is 3. The van der Waals surface area contributed by atoms with E-state index in [4.69, 9.17) is 0 Å². The van der Waals surface area contributed by atoms with E-state index in [-0.39, 0.29) is 0 Å². The molecule has 0 bridgehead atoms. The average molecular weight is 207 g/mol. The van der Waals surface area contributed by atoms with Crippen molar-refractivity contribution in [3.63, 3.8) is 0 Å². The zero-order valence-electron chi connectivity index (χ0n) is 8.45. The Bertz CT molecular complexity index is 483. The number of nitrogens with zero attached hydrogens (tertiary/aromatic N) is 3. The monoisotopic (exact) mass is 207 g/mol. The van der Waals surface area contributed by atoms with Gasteiger partial charge in [0.2, 0.25) is 4.96 Å². The molecule has 0 fully saturated rings. The van der Waals surface area contributed by atoms with Gasteiger partial charge in [0.05, 0.1) is 11.4 Å². The van der Waals surface area contributed by atoms with Gasteiger partial charge in [0.25, 0.3) is 0 Å². The molecule has 0 aliphatic heterocycles. The van der Waals surface area contributed by atoms with Crippen LogP contribution < -0.4 is 0 Å². The van der Waals surface area contributed by atoms with Crippen LogP contribution in [0.25, 0.3) is 4.96 Å². The predicted molar refractivity (Wildman–Crippen MR) is 56.8 cm³/mol. The van der Waals surface area contributed by atoms with Crippen LogP contribution >= 0.6 is 11.3 Å². The largest absolute Gasteiger partial charge is 0.222 e. The third kappa shape index (κ3) is 1.10. The summed E-state index contributed by atoms with van der Waals surface area (Å²) in [4.78, 5) is 5.70. The van der Waals surface area contributed by atoms with E-state index >= 15 is 0 Å². The van der Waals surface area contributed by atoms with Gasteiger partial charge in [0, 0.05) is 0 Å². The van der Waals surface area contributed by atoms with Crippen LogP contribution in [0.3, 0.4) is 0 Å². The highest BCUT2D eigenvalue weighted by molar-refractivity contribution is 7.16.